The van der Waals surface area contributed by atoms with Crippen LogP contribution in [-0.2, 0) is 4.74 Å². The van der Waals surface area contributed by atoms with E-state index in [1.165, 1.54) is 13.2 Å². The van der Waals surface area contributed by atoms with E-state index in [2.05, 4.69) is 25.6 Å². The Morgan fingerprint density at radius 1 is 1.00 bits per heavy atom. The number of hydrogen-bond acceptors (Lipinski definition) is 12. The number of allylic oxidation sites excluding steroid dienone is 1. The molecule has 1 aromatic heterocycles. The molecule has 4 rings (SSSR count). The summed E-state index contributed by atoms with van der Waals surface area (Å²) in [6, 6.07) is 10.5. The van der Waals surface area contributed by atoms with Gasteiger partial charge in [-0.15, -0.1) is 0 Å². The van der Waals surface area contributed by atoms with Crippen LogP contribution in [0.2, 0.25) is 0 Å². The summed E-state index contributed by atoms with van der Waals surface area (Å²) in [7, 11) is 4.62. The smallest absolute Gasteiger partial charge is 0.233 e. The van der Waals surface area contributed by atoms with E-state index in [4.69, 9.17) is 24.1 Å². The molecule has 1 fully saturated rings. The van der Waals surface area contributed by atoms with Crippen molar-refractivity contribution in [2.75, 3.05) is 76.3 Å². The highest BCUT2D eigenvalue weighted by atomic mass is 16.5. The first kappa shape index (κ1) is 27.6. The number of morpholine rings is 1. The molecule has 206 valence electrons. The molecule has 3 aromatic rings. The van der Waals surface area contributed by atoms with Crippen LogP contribution in [0, 0.1) is 0 Å². The molecule has 0 unspecified atom stereocenters. The molecule has 0 saturated carbocycles. The van der Waals surface area contributed by atoms with Crippen LogP contribution in [0.5, 0.6) is 17.2 Å². The van der Waals surface area contributed by atoms with Gasteiger partial charge in [0, 0.05) is 30.9 Å². The quantitative estimate of drug-likeness (QED) is 0.232. The number of aliphatic hydroxyl groups excluding tert-OH is 1. The van der Waals surface area contributed by atoms with Gasteiger partial charge in [0.25, 0.3) is 0 Å². The fourth-order valence-corrected chi connectivity index (χ4v) is 3.88. The third-order valence-corrected chi connectivity index (χ3v) is 5.85. The first-order valence-electron chi connectivity index (χ1n) is 12.4. The highest BCUT2D eigenvalue weighted by molar-refractivity contribution is 6.07. The van der Waals surface area contributed by atoms with Crippen molar-refractivity contribution in [2.45, 2.75) is 0 Å². The maximum absolute atomic E-state index is 12.8. The molecule has 12 nitrogen and oxygen atoms in total. The molecule has 39 heavy (non-hydrogen) atoms. The minimum atomic E-state index is -0.166. The van der Waals surface area contributed by atoms with Crippen molar-refractivity contribution in [1.29, 1.82) is 0 Å². The number of aromatic nitrogens is 3. The Morgan fingerprint density at radius 2 is 1.67 bits per heavy atom. The van der Waals surface area contributed by atoms with Crippen molar-refractivity contribution >= 4 is 35.4 Å². The molecule has 2 aromatic carbocycles. The number of ether oxygens (including phenoxy) is 4. The van der Waals surface area contributed by atoms with Gasteiger partial charge in [0.15, 0.2) is 17.3 Å². The number of anilines is 4. The van der Waals surface area contributed by atoms with Crippen molar-refractivity contribution in [3.63, 3.8) is 0 Å². The second-order valence-electron chi connectivity index (χ2n) is 8.39. The zero-order chi connectivity index (χ0) is 27.6. The molecule has 1 aliphatic rings. The molecule has 0 amide bonds. The number of methoxy groups -OCH3 is 3. The summed E-state index contributed by atoms with van der Waals surface area (Å²) in [5.41, 5.74) is 1.94. The number of rotatable bonds is 12. The van der Waals surface area contributed by atoms with E-state index in [9.17, 15) is 4.79 Å². The topological polar surface area (TPSA) is 140 Å². The Labute approximate surface area is 226 Å². The lowest BCUT2D eigenvalue weighted by Crippen LogP contribution is -2.37. The van der Waals surface area contributed by atoms with Crippen LogP contribution in [0.3, 0.4) is 0 Å². The van der Waals surface area contributed by atoms with Crippen LogP contribution < -0.4 is 29.7 Å². The van der Waals surface area contributed by atoms with Gasteiger partial charge in [-0.2, -0.15) is 15.0 Å². The second kappa shape index (κ2) is 13.4. The summed E-state index contributed by atoms with van der Waals surface area (Å²) in [6.07, 6.45) is 3.18. The van der Waals surface area contributed by atoms with Gasteiger partial charge in [0.05, 0.1) is 41.2 Å². The van der Waals surface area contributed by atoms with Gasteiger partial charge < -0.3 is 39.6 Å². The maximum Gasteiger partial charge on any atom is 0.233 e. The van der Waals surface area contributed by atoms with Gasteiger partial charge in [-0.05, 0) is 48.0 Å². The summed E-state index contributed by atoms with van der Waals surface area (Å²) in [5.74, 6) is 2.53. The number of aliphatic hydroxyl groups is 1. The number of nitrogens with one attached hydrogen (secondary N) is 2. The molecular formula is C27H32N6O6. The lowest BCUT2D eigenvalue weighted by atomic mass is 10.1. The van der Waals surface area contributed by atoms with E-state index in [0.717, 1.165) is 5.56 Å². The van der Waals surface area contributed by atoms with Gasteiger partial charge in [-0.25, -0.2) is 0 Å². The minimum absolute atomic E-state index is 0.0508. The monoisotopic (exact) mass is 536 g/mol. The Balaban J connectivity index is 1.47. The molecule has 3 N–H and O–H groups in total. The average molecular weight is 537 g/mol. The summed E-state index contributed by atoms with van der Waals surface area (Å²) in [5, 5.41) is 15.3. The number of carbonyl (C=O) groups is 1. The van der Waals surface area contributed by atoms with Crippen molar-refractivity contribution in [3.8, 4) is 17.2 Å². The number of carbonyl (C=O) groups excluding carboxylic acids is 1. The Morgan fingerprint density at radius 3 is 2.28 bits per heavy atom. The van der Waals surface area contributed by atoms with Gasteiger partial charge in [0.1, 0.15) is 0 Å². The van der Waals surface area contributed by atoms with Gasteiger partial charge in [0.2, 0.25) is 23.6 Å². The Hall–Kier alpha value is -4.42. The molecule has 1 saturated heterocycles. The molecule has 12 heteroatoms. The number of nitrogens with zero attached hydrogens (tertiary/aromatic N) is 4. The minimum Gasteiger partial charge on any atom is -0.493 e. The fraction of sp³-hybridized carbons (Fsp3) is 0.333. The molecule has 0 aliphatic carbocycles. The van der Waals surface area contributed by atoms with E-state index in [0.29, 0.717) is 79.2 Å². The van der Waals surface area contributed by atoms with E-state index >= 15 is 0 Å². The average Bonchev–Trinajstić information content (AvgIpc) is 2.98. The first-order valence-corrected chi connectivity index (χ1v) is 12.4. The highest BCUT2D eigenvalue weighted by Crippen LogP contribution is 2.38. The standard InChI is InChI=1S/C27H32N6O6/c1-36-22-16-18(17-23(37-2)24(22)38-3)4-9-21(35)19-5-7-20(8-6-19)29-26-30-25(28-10-13-34)31-27(32-26)33-11-14-39-15-12-33/h4-9,16-17,34H,10-15H2,1-3H3,(H2,28,29,30,31,32)/b9-4+. The molecule has 0 radical (unpaired) electrons. The summed E-state index contributed by atoms with van der Waals surface area (Å²) in [6.45, 7) is 2.79. The third-order valence-electron chi connectivity index (χ3n) is 5.85. The van der Waals surface area contributed by atoms with Crippen LogP contribution in [0.4, 0.5) is 23.5 Å². The Kier molecular flexibility index (Phi) is 9.48. The van der Waals surface area contributed by atoms with Crippen molar-refractivity contribution in [2.24, 2.45) is 0 Å². The second-order valence-corrected chi connectivity index (χ2v) is 8.39. The molecule has 0 bridgehead atoms. The summed E-state index contributed by atoms with van der Waals surface area (Å²) in [4.78, 5) is 28.2. The third kappa shape index (κ3) is 7.12. The van der Waals surface area contributed by atoms with Crippen molar-refractivity contribution in [3.05, 3.63) is 53.6 Å². The normalized spacial score (nSPS) is 13.3. The molecule has 0 atom stereocenters. The van der Waals surface area contributed by atoms with E-state index in [1.807, 2.05) is 4.90 Å². The SMILES string of the molecule is COc1cc(/C=C/C(=O)c2ccc(Nc3nc(NCCO)nc(N4CCOCC4)n3)cc2)cc(OC)c1OC. The highest BCUT2D eigenvalue weighted by Gasteiger charge is 2.17. The van der Waals surface area contributed by atoms with E-state index < -0.39 is 0 Å². The van der Waals surface area contributed by atoms with Gasteiger partial charge in [-0.3, -0.25) is 4.79 Å². The molecule has 1 aliphatic heterocycles. The van der Waals surface area contributed by atoms with Crippen LogP contribution in [0.25, 0.3) is 6.08 Å². The van der Waals surface area contributed by atoms with Crippen LogP contribution in [0.15, 0.2) is 42.5 Å². The molecule has 2 heterocycles. The summed E-state index contributed by atoms with van der Waals surface area (Å²) >= 11 is 0. The lowest BCUT2D eigenvalue weighted by molar-refractivity contribution is 0.104. The first-order chi connectivity index (χ1) is 19.0. The van der Waals surface area contributed by atoms with Crippen molar-refractivity contribution < 1.29 is 28.8 Å². The number of hydrogen-bond donors (Lipinski definition) is 3. The summed E-state index contributed by atoms with van der Waals surface area (Å²) < 4.78 is 21.5. The van der Waals surface area contributed by atoms with E-state index in [-0.39, 0.29) is 12.4 Å². The lowest BCUT2D eigenvalue weighted by Gasteiger charge is -2.27. The maximum atomic E-state index is 12.8. The molecular weight excluding hydrogens is 504 g/mol. The predicted octanol–water partition coefficient (Wildman–Crippen LogP) is 2.78. The zero-order valence-corrected chi connectivity index (χ0v) is 22.1. The largest absolute Gasteiger partial charge is 0.493 e. The fourth-order valence-electron chi connectivity index (χ4n) is 3.88. The van der Waals surface area contributed by atoms with Crippen LogP contribution in [0.1, 0.15) is 15.9 Å². The Bertz CT molecular complexity index is 1270. The predicted molar refractivity (Wildman–Crippen MR) is 148 cm³/mol. The van der Waals surface area contributed by atoms with E-state index in [1.54, 1.807) is 56.7 Å². The number of ketones is 1. The van der Waals surface area contributed by atoms with Gasteiger partial charge in [-0.1, -0.05) is 6.08 Å². The van der Waals surface area contributed by atoms with Crippen LogP contribution in [-0.4, -0.2) is 86.6 Å². The zero-order valence-electron chi connectivity index (χ0n) is 22.1. The van der Waals surface area contributed by atoms with Gasteiger partial charge >= 0.3 is 0 Å². The molecule has 0 spiro atoms. The number of benzene rings is 2. The van der Waals surface area contributed by atoms with Crippen molar-refractivity contribution in [1.82, 2.24) is 15.0 Å². The van der Waals surface area contributed by atoms with Crippen LogP contribution >= 0.6 is 0 Å².